The third-order valence-corrected chi connectivity index (χ3v) is 4.73. The average molecular weight is 348 g/mol. The summed E-state index contributed by atoms with van der Waals surface area (Å²) in [7, 11) is 0.354. The van der Waals surface area contributed by atoms with Crippen LogP contribution < -0.4 is 0 Å². The minimum atomic E-state index is 0.354. The lowest BCUT2D eigenvalue weighted by Crippen LogP contribution is -2.12. The van der Waals surface area contributed by atoms with Crippen LogP contribution in [0.2, 0.25) is 5.15 Å². The molecule has 0 aliphatic carbocycles. The molecule has 0 atom stereocenters. The first-order chi connectivity index (χ1) is 11.1. The fourth-order valence-electron chi connectivity index (χ4n) is 2.41. The number of halogens is 1. The number of hydrogen-bond donors (Lipinski definition) is 0. The standard InChI is InChI=1S/C16H16ClN4OS/c1-23(2)6-5-22-10-21-14-9-19-11(8-18)7-13(14)12-3-4-15(17)20-16(12)21/h3-4,7,9H,5-6,10H2,1-2H3/q+1. The molecule has 3 aromatic rings. The summed E-state index contributed by atoms with van der Waals surface area (Å²) in [5, 5.41) is 11.4. The fourth-order valence-corrected chi connectivity index (χ4v) is 3.00. The third kappa shape index (κ3) is 3.27. The summed E-state index contributed by atoms with van der Waals surface area (Å²) in [5.74, 6) is 1.03. The maximum atomic E-state index is 9.07. The first kappa shape index (κ1) is 16.1. The number of nitriles is 1. The van der Waals surface area contributed by atoms with Crippen LogP contribution in [0.3, 0.4) is 0 Å². The van der Waals surface area contributed by atoms with E-state index in [1.54, 1.807) is 18.3 Å². The molecule has 7 heteroatoms. The Morgan fingerprint density at radius 3 is 2.91 bits per heavy atom. The first-order valence-corrected chi connectivity index (χ1v) is 9.65. The van der Waals surface area contributed by atoms with Crippen molar-refractivity contribution in [2.24, 2.45) is 0 Å². The second-order valence-corrected chi connectivity index (χ2v) is 8.13. The van der Waals surface area contributed by atoms with Crippen LogP contribution in [0.25, 0.3) is 21.9 Å². The predicted molar refractivity (Wildman–Crippen MR) is 94.8 cm³/mol. The summed E-state index contributed by atoms with van der Waals surface area (Å²) < 4.78 is 7.75. The number of aromatic nitrogens is 3. The first-order valence-electron chi connectivity index (χ1n) is 7.06. The largest absolute Gasteiger partial charge is 0.356 e. The lowest BCUT2D eigenvalue weighted by atomic mass is 10.2. The van der Waals surface area contributed by atoms with Crippen molar-refractivity contribution in [3.05, 3.63) is 35.2 Å². The smallest absolute Gasteiger partial charge is 0.144 e. The summed E-state index contributed by atoms with van der Waals surface area (Å²) in [4.78, 5) is 8.58. The van der Waals surface area contributed by atoms with Crippen LogP contribution in [-0.4, -0.2) is 39.4 Å². The molecule has 3 heterocycles. The van der Waals surface area contributed by atoms with Gasteiger partial charge >= 0.3 is 0 Å². The lowest BCUT2D eigenvalue weighted by molar-refractivity contribution is 0.0951. The maximum absolute atomic E-state index is 9.07. The highest BCUT2D eigenvalue weighted by molar-refractivity contribution is 7.95. The van der Waals surface area contributed by atoms with E-state index < -0.39 is 0 Å². The summed E-state index contributed by atoms with van der Waals surface area (Å²) in [6.07, 6.45) is 6.08. The van der Waals surface area contributed by atoms with Crippen LogP contribution in [0.5, 0.6) is 0 Å². The van der Waals surface area contributed by atoms with Crippen molar-refractivity contribution >= 4 is 44.4 Å². The molecule has 0 aliphatic heterocycles. The Morgan fingerprint density at radius 1 is 1.35 bits per heavy atom. The Hall–Kier alpha value is -1.81. The van der Waals surface area contributed by atoms with Crippen LogP contribution >= 0.6 is 11.6 Å². The molecule has 3 aromatic heterocycles. The monoisotopic (exact) mass is 347 g/mol. The van der Waals surface area contributed by atoms with Crippen molar-refractivity contribution in [2.45, 2.75) is 6.73 Å². The number of hydrogen-bond acceptors (Lipinski definition) is 4. The van der Waals surface area contributed by atoms with Gasteiger partial charge in [-0.25, -0.2) is 9.97 Å². The van der Waals surface area contributed by atoms with E-state index in [9.17, 15) is 0 Å². The molecule has 0 aromatic carbocycles. The van der Waals surface area contributed by atoms with E-state index in [-0.39, 0.29) is 0 Å². The van der Waals surface area contributed by atoms with Crippen molar-refractivity contribution in [1.29, 1.82) is 5.26 Å². The van der Waals surface area contributed by atoms with Gasteiger partial charge in [0.2, 0.25) is 0 Å². The van der Waals surface area contributed by atoms with Gasteiger partial charge in [0.15, 0.2) is 0 Å². The number of pyridine rings is 2. The average Bonchev–Trinajstić information content (AvgIpc) is 2.83. The molecule has 23 heavy (non-hydrogen) atoms. The molecule has 0 N–H and O–H groups in total. The molecule has 0 saturated heterocycles. The minimum Gasteiger partial charge on any atom is -0.356 e. The Kier molecular flexibility index (Phi) is 4.71. The van der Waals surface area contributed by atoms with Crippen molar-refractivity contribution < 1.29 is 4.74 Å². The molecule has 0 spiro atoms. The van der Waals surface area contributed by atoms with Gasteiger partial charge in [-0.2, -0.15) is 5.26 Å². The Morgan fingerprint density at radius 2 is 2.17 bits per heavy atom. The number of ether oxygens (including phenoxy) is 1. The summed E-state index contributed by atoms with van der Waals surface area (Å²) >= 11 is 6.05. The van der Waals surface area contributed by atoms with Gasteiger partial charge in [-0.1, -0.05) is 11.6 Å². The maximum Gasteiger partial charge on any atom is 0.144 e. The SMILES string of the molecule is C[S+](C)CCOCn1c2cnc(C#N)cc2c2ccc(Cl)nc21. The second kappa shape index (κ2) is 6.75. The van der Waals surface area contributed by atoms with Crippen molar-refractivity contribution in [1.82, 2.24) is 14.5 Å². The normalized spacial score (nSPS) is 11.4. The van der Waals surface area contributed by atoms with Crippen molar-refractivity contribution in [2.75, 3.05) is 24.9 Å². The molecule has 118 valence electrons. The van der Waals surface area contributed by atoms with Gasteiger partial charge in [-0.05, 0) is 29.1 Å². The zero-order valence-electron chi connectivity index (χ0n) is 12.9. The predicted octanol–water partition coefficient (Wildman–Crippen LogP) is 2.96. The third-order valence-electron chi connectivity index (χ3n) is 3.53. The van der Waals surface area contributed by atoms with Crippen LogP contribution in [0.15, 0.2) is 24.4 Å². The molecule has 3 rings (SSSR count). The highest BCUT2D eigenvalue weighted by atomic mass is 35.5. The second-order valence-electron chi connectivity index (χ2n) is 5.36. The van der Waals surface area contributed by atoms with Crippen LogP contribution in [0, 0.1) is 11.3 Å². The molecule has 5 nitrogen and oxygen atoms in total. The quantitative estimate of drug-likeness (QED) is 0.404. The molecule has 0 saturated carbocycles. The number of nitrogens with zero attached hydrogens (tertiary/aromatic N) is 4. The highest BCUT2D eigenvalue weighted by Crippen LogP contribution is 2.29. The van der Waals surface area contributed by atoms with Gasteiger partial charge in [-0.3, -0.25) is 4.57 Å². The Labute approximate surface area is 142 Å². The molecule has 0 aliphatic rings. The van der Waals surface area contributed by atoms with Gasteiger partial charge in [0.05, 0.1) is 30.8 Å². The molecule has 0 unspecified atom stereocenters. The summed E-state index contributed by atoms with van der Waals surface area (Å²) in [5.41, 5.74) is 2.02. The van der Waals surface area contributed by atoms with E-state index in [4.69, 9.17) is 21.6 Å². The van der Waals surface area contributed by atoms with Crippen molar-refractivity contribution in [3.8, 4) is 6.07 Å². The summed E-state index contributed by atoms with van der Waals surface area (Å²) in [6.45, 7) is 1.08. The minimum absolute atomic E-state index is 0.354. The molecular formula is C16H16ClN4OS+. The molecule has 0 bridgehead atoms. The molecule has 0 radical (unpaired) electrons. The van der Waals surface area contributed by atoms with E-state index >= 15 is 0 Å². The van der Waals surface area contributed by atoms with E-state index in [1.165, 1.54) is 0 Å². The Bertz CT molecular complexity index is 900. The zero-order chi connectivity index (χ0) is 16.4. The van der Waals surface area contributed by atoms with E-state index in [1.807, 2.05) is 10.6 Å². The zero-order valence-corrected chi connectivity index (χ0v) is 14.5. The van der Waals surface area contributed by atoms with Crippen LogP contribution in [-0.2, 0) is 22.4 Å². The van der Waals surface area contributed by atoms with Gasteiger partial charge in [0.1, 0.15) is 35.0 Å². The molecule has 0 fully saturated rings. The number of rotatable bonds is 5. The van der Waals surface area contributed by atoms with Gasteiger partial charge in [0, 0.05) is 10.8 Å². The van der Waals surface area contributed by atoms with E-state index in [0.29, 0.717) is 35.1 Å². The van der Waals surface area contributed by atoms with E-state index in [0.717, 1.165) is 27.7 Å². The highest BCUT2D eigenvalue weighted by Gasteiger charge is 2.14. The molecule has 0 amide bonds. The van der Waals surface area contributed by atoms with Gasteiger partial charge < -0.3 is 4.74 Å². The molecular weight excluding hydrogens is 332 g/mol. The van der Waals surface area contributed by atoms with Crippen LogP contribution in [0.1, 0.15) is 5.69 Å². The lowest BCUT2D eigenvalue weighted by Gasteiger charge is -2.07. The van der Waals surface area contributed by atoms with Gasteiger partial charge in [-0.15, -0.1) is 0 Å². The van der Waals surface area contributed by atoms with E-state index in [2.05, 4.69) is 28.5 Å². The topological polar surface area (TPSA) is 63.7 Å². The fraction of sp³-hybridized carbons (Fsp3) is 0.312. The van der Waals surface area contributed by atoms with Crippen LogP contribution in [0.4, 0.5) is 0 Å². The Balaban J connectivity index is 2.06. The van der Waals surface area contributed by atoms with Gasteiger partial charge in [0.25, 0.3) is 0 Å². The number of fused-ring (bicyclic) bond motifs is 3. The van der Waals surface area contributed by atoms with Crippen molar-refractivity contribution in [3.63, 3.8) is 0 Å². The summed E-state index contributed by atoms with van der Waals surface area (Å²) in [6, 6.07) is 7.52.